The third-order valence-electron chi connectivity index (χ3n) is 4.64. The molecule has 0 atom stereocenters. The summed E-state index contributed by atoms with van der Waals surface area (Å²) in [5, 5.41) is 2.21. The average Bonchev–Trinajstić information content (AvgIpc) is 2.74. The summed E-state index contributed by atoms with van der Waals surface area (Å²) in [4.78, 5) is 12.6. The molecular formula is C22H16Cl3F3N2O3S. The number of nitrogens with one attached hydrogen (secondary N) is 1. The quantitative estimate of drug-likeness (QED) is 0.366. The van der Waals surface area contributed by atoms with Gasteiger partial charge in [0, 0.05) is 5.02 Å². The molecule has 0 bridgehead atoms. The van der Waals surface area contributed by atoms with Gasteiger partial charge in [0.05, 0.1) is 31.9 Å². The van der Waals surface area contributed by atoms with Crippen molar-refractivity contribution in [3.8, 4) is 0 Å². The number of halogens is 6. The van der Waals surface area contributed by atoms with E-state index in [0.29, 0.717) is 10.4 Å². The molecule has 0 saturated heterocycles. The first-order valence-electron chi connectivity index (χ1n) is 9.50. The smallest absolute Gasteiger partial charge is 0.323 e. The molecule has 0 heterocycles. The number of aryl methyl sites for hydroxylation is 1. The molecule has 3 rings (SSSR count). The Kier molecular flexibility index (Phi) is 7.72. The van der Waals surface area contributed by atoms with Crippen LogP contribution in [0.1, 0.15) is 11.1 Å². The van der Waals surface area contributed by atoms with Crippen LogP contribution in [-0.2, 0) is 21.0 Å². The molecule has 0 aromatic heterocycles. The molecule has 1 amide bonds. The van der Waals surface area contributed by atoms with Crippen LogP contribution in [0.2, 0.25) is 15.1 Å². The lowest BCUT2D eigenvalue weighted by atomic mass is 10.2. The van der Waals surface area contributed by atoms with E-state index in [1.165, 1.54) is 42.5 Å². The number of rotatable bonds is 6. The summed E-state index contributed by atoms with van der Waals surface area (Å²) in [5.41, 5.74) is -0.762. The Morgan fingerprint density at radius 3 is 2.18 bits per heavy atom. The van der Waals surface area contributed by atoms with Crippen LogP contribution in [0.5, 0.6) is 0 Å². The third kappa shape index (κ3) is 5.96. The second-order valence-corrected chi connectivity index (χ2v) is 10.3. The Hall–Kier alpha value is -2.46. The maximum atomic E-state index is 13.4. The van der Waals surface area contributed by atoms with Crippen molar-refractivity contribution in [3.05, 3.63) is 86.9 Å². The summed E-state index contributed by atoms with van der Waals surface area (Å²) in [6.45, 7) is 0.892. The molecule has 3 aromatic rings. The Bertz CT molecular complexity index is 1330. The second kappa shape index (κ2) is 10.0. The van der Waals surface area contributed by atoms with E-state index in [2.05, 4.69) is 5.32 Å². The molecule has 180 valence electrons. The summed E-state index contributed by atoms with van der Waals surface area (Å²) in [6, 6.07) is 12.5. The molecule has 0 fully saturated rings. The highest BCUT2D eigenvalue weighted by Gasteiger charge is 2.35. The first-order valence-corrected chi connectivity index (χ1v) is 12.1. The molecule has 12 heteroatoms. The zero-order valence-corrected chi connectivity index (χ0v) is 20.4. The van der Waals surface area contributed by atoms with Gasteiger partial charge in [-0.3, -0.25) is 9.10 Å². The van der Waals surface area contributed by atoms with Gasteiger partial charge in [0.25, 0.3) is 10.0 Å². The van der Waals surface area contributed by atoms with Gasteiger partial charge < -0.3 is 5.32 Å². The molecule has 0 radical (unpaired) electrons. The lowest BCUT2D eigenvalue weighted by Gasteiger charge is -2.25. The minimum Gasteiger partial charge on any atom is -0.323 e. The first kappa shape index (κ1) is 26.2. The van der Waals surface area contributed by atoms with E-state index in [1.807, 2.05) is 0 Å². The fourth-order valence-corrected chi connectivity index (χ4v) is 4.93. The molecule has 0 aliphatic rings. The third-order valence-corrected chi connectivity index (χ3v) is 7.32. The fraction of sp³-hybridized carbons (Fsp3) is 0.136. The Morgan fingerprint density at radius 1 is 0.941 bits per heavy atom. The minimum atomic E-state index is -4.84. The van der Waals surface area contributed by atoms with E-state index >= 15 is 0 Å². The Labute approximate surface area is 209 Å². The highest BCUT2D eigenvalue weighted by Crippen LogP contribution is 2.38. The monoisotopic (exact) mass is 550 g/mol. The number of amides is 1. The van der Waals surface area contributed by atoms with Gasteiger partial charge in [0.1, 0.15) is 6.54 Å². The van der Waals surface area contributed by atoms with Gasteiger partial charge in [-0.15, -0.1) is 0 Å². The number of hydrogen-bond acceptors (Lipinski definition) is 3. The van der Waals surface area contributed by atoms with Gasteiger partial charge in [0.2, 0.25) is 5.91 Å². The number of nitrogens with zero attached hydrogens (tertiary/aromatic N) is 1. The molecule has 5 nitrogen and oxygen atoms in total. The molecule has 0 aliphatic heterocycles. The van der Waals surface area contributed by atoms with Crippen LogP contribution in [0.15, 0.2) is 65.6 Å². The second-order valence-electron chi connectivity index (χ2n) is 7.16. The van der Waals surface area contributed by atoms with Crippen LogP contribution in [0, 0.1) is 6.92 Å². The zero-order chi connectivity index (χ0) is 25.3. The van der Waals surface area contributed by atoms with Gasteiger partial charge in [-0.2, -0.15) is 13.2 Å². The van der Waals surface area contributed by atoms with Gasteiger partial charge >= 0.3 is 6.18 Å². The van der Waals surface area contributed by atoms with Crippen LogP contribution in [0.25, 0.3) is 0 Å². The van der Waals surface area contributed by atoms with E-state index in [9.17, 15) is 26.4 Å². The van der Waals surface area contributed by atoms with Crippen LogP contribution in [0.4, 0.5) is 24.5 Å². The van der Waals surface area contributed by atoms with Gasteiger partial charge in [0.15, 0.2) is 0 Å². The van der Waals surface area contributed by atoms with Crippen LogP contribution < -0.4 is 9.62 Å². The van der Waals surface area contributed by atoms with Crippen molar-refractivity contribution in [2.75, 3.05) is 16.2 Å². The van der Waals surface area contributed by atoms with Crippen LogP contribution >= 0.6 is 34.8 Å². The predicted molar refractivity (Wildman–Crippen MR) is 127 cm³/mol. The number of benzene rings is 3. The summed E-state index contributed by atoms with van der Waals surface area (Å²) >= 11 is 17.6. The van der Waals surface area contributed by atoms with Crippen LogP contribution in [0.3, 0.4) is 0 Å². The van der Waals surface area contributed by atoms with E-state index in [4.69, 9.17) is 34.8 Å². The van der Waals surface area contributed by atoms with E-state index in [-0.39, 0.29) is 20.6 Å². The van der Waals surface area contributed by atoms with Gasteiger partial charge in [-0.1, -0.05) is 52.5 Å². The number of carbonyl (C=O) groups is 1. The van der Waals surface area contributed by atoms with Crippen molar-refractivity contribution in [1.29, 1.82) is 0 Å². The standard InChI is InChI=1S/C22H16Cl3F3N2O3S/c1-13-2-6-16(7-3-13)34(32,33)30(15-5-9-18(24)17(11-15)22(26,27)28)12-21(31)29-20-10-14(23)4-8-19(20)25/h2-11H,12H2,1H3,(H,29,31). The molecule has 3 aromatic carbocycles. The summed E-state index contributed by atoms with van der Waals surface area (Å²) in [5.74, 6) is -0.858. The topological polar surface area (TPSA) is 66.5 Å². The van der Waals surface area contributed by atoms with Gasteiger partial charge in [-0.25, -0.2) is 8.42 Å². The van der Waals surface area contributed by atoms with E-state index < -0.39 is 44.9 Å². The summed E-state index contributed by atoms with van der Waals surface area (Å²) in [6.07, 6.45) is -4.84. The Balaban J connectivity index is 2.06. The molecule has 0 unspecified atom stereocenters. The molecule has 1 N–H and O–H groups in total. The summed E-state index contributed by atoms with van der Waals surface area (Å²) in [7, 11) is -4.45. The summed E-state index contributed by atoms with van der Waals surface area (Å²) < 4.78 is 67.6. The zero-order valence-electron chi connectivity index (χ0n) is 17.3. The minimum absolute atomic E-state index is 0.110. The van der Waals surface area contributed by atoms with Crippen molar-refractivity contribution >= 4 is 62.1 Å². The normalized spacial score (nSPS) is 11.9. The predicted octanol–water partition coefficient (Wildman–Crippen LogP) is 6.81. The molecular weight excluding hydrogens is 536 g/mol. The van der Waals surface area contributed by atoms with Crippen molar-refractivity contribution in [2.45, 2.75) is 18.0 Å². The average molecular weight is 552 g/mol. The molecule has 0 spiro atoms. The van der Waals surface area contributed by atoms with Crippen LogP contribution in [-0.4, -0.2) is 20.9 Å². The van der Waals surface area contributed by atoms with Crippen molar-refractivity contribution in [3.63, 3.8) is 0 Å². The highest BCUT2D eigenvalue weighted by molar-refractivity contribution is 7.92. The number of anilines is 2. The molecule has 0 aliphatic carbocycles. The maximum absolute atomic E-state index is 13.4. The first-order chi connectivity index (χ1) is 15.8. The van der Waals surface area contributed by atoms with Crippen molar-refractivity contribution in [2.24, 2.45) is 0 Å². The molecule has 34 heavy (non-hydrogen) atoms. The fourth-order valence-electron chi connectivity index (χ4n) is 2.95. The van der Waals surface area contributed by atoms with Crippen molar-refractivity contribution < 1.29 is 26.4 Å². The van der Waals surface area contributed by atoms with Crippen molar-refractivity contribution in [1.82, 2.24) is 0 Å². The number of alkyl halides is 3. The number of hydrogen-bond donors (Lipinski definition) is 1. The lowest BCUT2D eigenvalue weighted by Crippen LogP contribution is -2.38. The lowest BCUT2D eigenvalue weighted by molar-refractivity contribution is -0.137. The maximum Gasteiger partial charge on any atom is 0.417 e. The van der Waals surface area contributed by atoms with Gasteiger partial charge in [-0.05, 0) is 55.5 Å². The molecule has 0 saturated carbocycles. The van der Waals surface area contributed by atoms with E-state index in [0.717, 1.165) is 17.7 Å². The van der Waals surface area contributed by atoms with E-state index in [1.54, 1.807) is 6.92 Å². The highest BCUT2D eigenvalue weighted by atomic mass is 35.5. The largest absolute Gasteiger partial charge is 0.417 e. The Morgan fingerprint density at radius 2 is 1.56 bits per heavy atom. The number of carbonyl (C=O) groups excluding carboxylic acids is 1. The SMILES string of the molecule is Cc1ccc(S(=O)(=O)N(CC(=O)Nc2cc(Cl)ccc2Cl)c2ccc(Cl)c(C(F)(F)F)c2)cc1. The number of sulfonamides is 1.